The molecule has 8 heteroatoms. The number of carboxylic acid groups (broad SMARTS) is 1. The minimum Gasteiger partial charge on any atom is -0.480 e. The minimum atomic E-state index is -1.11. The van der Waals surface area contributed by atoms with E-state index in [1.807, 2.05) is 0 Å². The molecule has 3 amide bonds. The Bertz CT molecular complexity index is 308. The van der Waals surface area contributed by atoms with Crippen molar-refractivity contribution in [3.8, 4) is 0 Å². The van der Waals surface area contributed by atoms with Crippen LogP contribution >= 0.6 is 0 Å². The molecule has 1 unspecified atom stereocenters. The predicted octanol–water partition coefficient (Wildman–Crippen LogP) is -1.14. The Morgan fingerprint density at radius 2 is 1.94 bits per heavy atom. The first-order valence-electron chi connectivity index (χ1n) is 5.39. The van der Waals surface area contributed by atoms with Gasteiger partial charge in [0.25, 0.3) is 0 Å². The highest BCUT2D eigenvalue weighted by atomic mass is 16.5. The lowest BCUT2D eigenvalue weighted by atomic mass is 10.3. The average molecular weight is 261 g/mol. The molecule has 0 aliphatic heterocycles. The Hall–Kier alpha value is -1.83. The number of rotatable bonds is 7. The van der Waals surface area contributed by atoms with Gasteiger partial charge in [0, 0.05) is 20.7 Å². The molecule has 0 saturated heterocycles. The molecule has 0 aromatic heterocycles. The summed E-state index contributed by atoms with van der Waals surface area (Å²) in [6, 6.07) is -1.58. The van der Waals surface area contributed by atoms with E-state index in [0.29, 0.717) is 13.2 Å². The second-order valence-electron chi connectivity index (χ2n) is 3.63. The molecule has 8 nitrogen and oxygen atoms in total. The molecular weight excluding hydrogens is 242 g/mol. The van der Waals surface area contributed by atoms with Crippen molar-refractivity contribution in [3.63, 3.8) is 0 Å². The van der Waals surface area contributed by atoms with Crippen molar-refractivity contribution in [1.29, 1.82) is 0 Å². The molecule has 0 aliphatic carbocycles. The summed E-state index contributed by atoms with van der Waals surface area (Å²) < 4.78 is 4.74. The molecule has 18 heavy (non-hydrogen) atoms. The highest BCUT2D eigenvalue weighted by Crippen LogP contribution is 1.95. The number of hydrogen-bond acceptors (Lipinski definition) is 4. The van der Waals surface area contributed by atoms with Crippen LogP contribution < -0.4 is 10.6 Å². The largest absolute Gasteiger partial charge is 0.480 e. The fraction of sp³-hybridized carbons (Fsp3) is 0.700. The van der Waals surface area contributed by atoms with E-state index in [4.69, 9.17) is 9.84 Å². The molecular formula is C10H19N3O5. The van der Waals surface area contributed by atoms with Gasteiger partial charge >= 0.3 is 12.0 Å². The number of urea groups is 1. The summed E-state index contributed by atoms with van der Waals surface area (Å²) >= 11 is 0. The lowest BCUT2D eigenvalue weighted by Gasteiger charge is -2.21. The van der Waals surface area contributed by atoms with Crippen molar-refractivity contribution in [3.05, 3.63) is 0 Å². The number of amides is 3. The molecule has 0 fully saturated rings. The number of likely N-dealkylation sites (N-methyl/N-ethyl adjacent to an activating group) is 1. The van der Waals surface area contributed by atoms with E-state index in [2.05, 4.69) is 10.6 Å². The standard InChI is InChI=1S/C10H19N3O5/c1-7(9(15)16)13(2)10(17)12-6-8(14)11-4-5-18-3/h7H,4-6H2,1-3H3,(H,11,14)(H,12,17)(H,15,16). The SMILES string of the molecule is COCCNC(=O)CNC(=O)N(C)C(C)C(=O)O. The van der Waals surface area contributed by atoms with E-state index in [1.54, 1.807) is 0 Å². The van der Waals surface area contributed by atoms with Crippen molar-refractivity contribution in [2.75, 3.05) is 33.9 Å². The van der Waals surface area contributed by atoms with Gasteiger partial charge in [0.15, 0.2) is 0 Å². The lowest BCUT2D eigenvalue weighted by molar-refractivity contribution is -0.141. The van der Waals surface area contributed by atoms with E-state index in [-0.39, 0.29) is 12.5 Å². The summed E-state index contributed by atoms with van der Waals surface area (Å²) in [5.74, 6) is -1.48. The summed E-state index contributed by atoms with van der Waals surface area (Å²) in [5.41, 5.74) is 0. The highest BCUT2D eigenvalue weighted by Gasteiger charge is 2.21. The summed E-state index contributed by atoms with van der Waals surface area (Å²) in [4.78, 5) is 34.4. The van der Waals surface area contributed by atoms with Crippen LogP contribution in [0.5, 0.6) is 0 Å². The van der Waals surface area contributed by atoms with Crippen LogP contribution in [0.1, 0.15) is 6.92 Å². The van der Waals surface area contributed by atoms with Gasteiger partial charge in [-0.1, -0.05) is 0 Å². The van der Waals surface area contributed by atoms with Crippen LogP contribution in [-0.2, 0) is 14.3 Å². The molecule has 0 aliphatic rings. The average Bonchev–Trinajstić information content (AvgIpc) is 2.34. The van der Waals surface area contributed by atoms with Crippen LogP contribution in [0.15, 0.2) is 0 Å². The zero-order chi connectivity index (χ0) is 14.1. The van der Waals surface area contributed by atoms with E-state index in [1.165, 1.54) is 21.1 Å². The van der Waals surface area contributed by atoms with Crippen LogP contribution in [0, 0.1) is 0 Å². The fourth-order valence-electron chi connectivity index (χ4n) is 0.977. The Balaban J connectivity index is 3.95. The van der Waals surface area contributed by atoms with Crippen molar-refractivity contribution < 1.29 is 24.2 Å². The maximum Gasteiger partial charge on any atom is 0.326 e. The monoisotopic (exact) mass is 261 g/mol. The highest BCUT2D eigenvalue weighted by molar-refractivity contribution is 5.86. The first kappa shape index (κ1) is 16.2. The van der Waals surface area contributed by atoms with Crippen LogP contribution in [0.3, 0.4) is 0 Å². The van der Waals surface area contributed by atoms with Gasteiger partial charge in [0.1, 0.15) is 6.04 Å². The maximum atomic E-state index is 11.5. The molecule has 0 saturated carbocycles. The van der Waals surface area contributed by atoms with Gasteiger partial charge in [0.2, 0.25) is 5.91 Å². The number of carboxylic acids is 1. The van der Waals surface area contributed by atoms with Crippen LogP contribution in [0.25, 0.3) is 0 Å². The Morgan fingerprint density at radius 1 is 1.33 bits per heavy atom. The van der Waals surface area contributed by atoms with E-state index >= 15 is 0 Å². The zero-order valence-electron chi connectivity index (χ0n) is 10.7. The molecule has 3 N–H and O–H groups in total. The lowest BCUT2D eigenvalue weighted by Crippen LogP contribution is -2.48. The molecule has 0 bridgehead atoms. The third kappa shape index (κ3) is 6.04. The number of hydrogen-bond donors (Lipinski definition) is 3. The van der Waals surface area contributed by atoms with Crippen molar-refractivity contribution in [2.24, 2.45) is 0 Å². The summed E-state index contributed by atoms with van der Waals surface area (Å²) in [7, 11) is 2.85. The van der Waals surface area contributed by atoms with Crippen LogP contribution in [-0.4, -0.2) is 67.8 Å². The summed E-state index contributed by atoms with van der Waals surface area (Å²) in [5, 5.41) is 13.5. The molecule has 104 valence electrons. The summed E-state index contributed by atoms with van der Waals surface area (Å²) in [6.45, 7) is 1.90. The summed E-state index contributed by atoms with van der Waals surface area (Å²) in [6.07, 6.45) is 0. The second kappa shape index (κ2) is 8.29. The third-order valence-electron chi connectivity index (χ3n) is 2.29. The normalized spacial score (nSPS) is 11.5. The van der Waals surface area contributed by atoms with Gasteiger partial charge in [-0.15, -0.1) is 0 Å². The zero-order valence-corrected chi connectivity index (χ0v) is 10.7. The van der Waals surface area contributed by atoms with Crippen LogP contribution in [0.2, 0.25) is 0 Å². The van der Waals surface area contributed by atoms with Gasteiger partial charge in [-0.05, 0) is 6.92 Å². The van der Waals surface area contributed by atoms with Crippen molar-refractivity contribution in [2.45, 2.75) is 13.0 Å². The Labute approximate surface area is 105 Å². The molecule has 0 spiro atoms. The number of ether oxygens (including phenoxy) is 1. The number of aliphatic carboxylic acids is 1. The number of nitrogens with zero attached hydrogens (tertiary/aromatic N) is 1. The second-order valence-corrected chi connectivity index (χ2v) is 3.63. The Kier molecular flexibility index (Phi) is 7.45. The number of methoxy groups -OCH3 is 1. The fourth-order valence-corrected chi connectivity index (χ4v) is 0.977. The van der Waals surface area contributed by atoms with Gasteiger partial charge in [-0.25, -0.2) is 9.59 Å². The van der Waals surface area contributed by atoms with Gasteiger partial charge in [0.05, 0.1) is 13.2 Å². The van der Waals surface area contributed by atoms with Crippen molar-refractivity contribution >= 4 is 17.9 Å². The predicted molar refractivity (Wildman–Crippen MR) is 63.1 cm³/mol. The van der Waals surface area contributed by atoms with E-state index in [0.717, 1.165) is 4.90 Å². The smallest absolute Gasteiger partial charge is 0.326 e. The number of nitrogens with one attached hydrogen (secondary N) is 2. The van der Waals surface area contributed by atoms with Crippen molar-refractivity contribution in [1.82, 2.24) is 15.5 Å². The quantitative estimate of drug-likeness (QED) is 0.502. The molecule has 0 aromatic carbocycles. The maximum absolute atomic E-state index is 11.5. The first-order valence-corrected chi connectivity index (χ1v) is 5.39. The number of carbonyl (C=O) groups excluding carboxylic acids is 2. The third-order valence-corrected chi connectivity index (χ3v) is 2.29. The minimum absolute atomic E-state index is 0.209. The first-order chi connectivity index (χ1) is 8.40. The molecule has 0 rings (SSSR count). The van der Waals surface area contributed by atoms with Gasteiger partial charge in [-0.3, -0.25) is 4.79 Å². The van der Waals surface area contributed by atoms with Crippen LogP contribution in [0.4, 0.5) is 4.79 Å². The van der Waals surface area contributed by atoms with E-state index in [9.17, 15) is 14.4 Å². The topological polar surface area (TPSA) is 108 Å². The number of carbonyl (C=O) groups is 3. The molecule has 0 aromatic rings. The van der Waals surface area contributed by atoms with Gasteiger partial charge in [-0.2, -0.15) is 0 Å². The molecule has 1 atom stereocenters. The van der Waals surface area contributed by atoms with E-state index < -0.39 is 18.0 Å². The van der Waals surface area contributed by atoms with Gasteiger partial charge < -0.3 is 25.4 Å². The molecule has 0 radical (unpaired) electrons. The molecule has 0 heterocycles. The Morgan fingerprint density at radius 3 is 2.44 bits per heavy atom.